The molecular formula is C25H29N3O6. The second-order valence-corrected chi connectivity index (χ2v) is 9.55. The Kier molecular flexibility index (Phi) is 6.67. The average Bonchev–Trinajstić information content (AvgIpc) is 3.05. The second-order valence-electron chi connectivity index (χ2n) is 9.55. The number of nitro groups is 1. The van der Waals surface area contributed by atoms with E-state index in [1.54, 1.807) is 23.1 Å². The molecule has 0 radical (unpaired) electrons. The van der Waals surface area contributed by atoms with Crippen molar-refractivity contribution in [2.45, 2.75) is 52.4 Å². The summed E-state index contributed by atoms with van der Waals surface area (Å²) in [6.07, 6.45) is 0.415. The number of nitro benzene ring substituents is 1. The lowest BCUT2D eigenvalue weighted by molar-refractivity contribution is -0.384. The summed E-state index contributed by atoms with van der Waals surface area (Å²) in [6.45, 7) is 7.19. The van der Waals surface area contributed by atoms with Gasteiger partial charge in [0.2, 0.25) is 11.8 Å². The van der Waals surface area contributed by atoms with Crippen LogP contribution in [-0.2, 0) is 25.6 Å². The number of hydrogen-bond acceptors (Lipinski definition) is 6. The molecule has 9 nitrogen and oxygen atoms in total. The fraction of sp³-hybridized carbons (Fsp3) is 0.440. The van der Waals surface area contributed by atoms with Crippen molar-refractivity contribution in [1.29, 1.82) is 0 Å². The molecular weight excluding hydrogens is 438 g/mol. The summed E-state index contributed by atoms with van der Waals surface area (Å²) in [7, 11) is 0. The molecule has 0 saturated carbocycles. The fourth-order valence-corrected chi connectivity index (χ4v) is 4.23. The molecule has 34 heavy (non-hydrogen) atoms. The normalized spacial score (nSPS) is 19.7. The lowest BCUT2D eigenvalue weighted by Gasteiger charge is -2.36. The highest BCUT2D eigenvalue weighted by molar-refractivity contribution is 6.06. The minimum Gasteiger partial charge on any atom is -0.351 e. The van der Waals surface area contributed by atoms with E-state index >= 15 is 0 Å². The van der Waals surface area contributed by atoms with Gasteiger partial charge in [0, 0.05) is 35.3 Å². The zero-order valence-electron chi connectivity index (χ0n) is 19.6. The predicted molar refractivity (Wildman–Crippen MR) is 126 cm³/mol. The molecule has 9 heteroatoms. The number of benzene rings is 2. The van der Waals surface area contributed by atoms with Gasteiger partial charge in [-0.3, -0.25) is 19.7 Å². The number of hydrogen-bond donors (Lipinski definition) is 1. The van der Waals surface area contributed by atoms with Gasteiger partial charge in [-0.2, -0.15) is 0 Å². The van der Waals surface area contributed by atoms with Gasteiger partial charge in [-0.05, 0) is 35.7 Å². The van der Waals surface area contributed by atoms with Crippen LogP contribution in [0.15, 0.2) is 42.5 Å². The van der Waals surface area contributed by atoms with Crippen LogP contribution in [0.1, 0.15) is 50.7 Å². The van der Waals surface area contributed by atoms with E-state index < -0.39 is 17.1 Å². The highest BCUT2D eigenvalue weighted by Crippen LogP contribution is 2.44. The zero-order valence-corrected chi connectivity index (χ0v) is 19.6. The van der Waals surface area contributed by atoms with Crippen molar-refractivity contribution in [3.8, 4) is 0 Å². The monoisotopic (exact) mass is 467 g/mol. The molecule has 1 fully saturated rings. The summed E-state index contributed by atoms with van der Waals surface area (Å²) in [5.41, 5.74) is 2.66. The minimum atomic E-state index is -0.734. The Hall–Kier alpha value is -3.30. The molecule has 2 aromatic rings. The van der Waals surface area contributed by atoms with E-state index in [4.69, 9.17) is 9.47 Å². The van der Waals surface area contributed by atoms with E-state index in [0.717, 1.165) is 17.5 Å². The quantitative estimate of drug-likeness (QED) is 0.478. The average molecular weight is 468 g/mol. The van der Waals surface area contributed by atoms with Crippen molar-refractivity contribution in [3.05, 3.63) is 63.7 Å². The van der Waals surface area contributed by atoms with Gasteiger partial charge in [0.25, 0.3) is 5.69 Å². The molecule has 0 bridgehead atoms. The van der Waals surface area contributed by atoms with Crippen LogP contribution in [0, 0.1) is 15.5 Å². The smallest absolute Gasteiger partial charge is 0.269 e. The van der Waals surface area contributed by atoms with E-state index in [2.05, 4.69) is 5.32 Å². The van der Waals surface area contributed by atoms with Gasteiger partial charge >= 0.3 is 0 Å². The third-order valence-electron chi connectivity index (χ3n) is 5.98. The summed E-state index contributed by atoms with van der Waals surface area (Å²) < 4.78 is 11.9. The third kappa shape index (κ3) is 4.95. The molecule has 1 N–H and O–H groups in total. The van der Waals surface area contributed by atoms with Crippen molar-refractivity contribution in [1.82, 2.24) is 0 Å². The molecule has 0 aromatic heterocycles. The Bertz CT molecular complexity index is 1090. The maximum absolute atomic E-state index is 13.6. The SMILES string of the molecule is CCCC(=O)Nc1ccc2c(c1)C(C1OCC(C)(C)CO1)C(=O)N2Cc1ccc([N+](=O)[O-])cc1. The number of nitrogens with zero attached hydrogens (tertiary/aromatic N) is 2. The Labute approximate surface area is 198 Å². The molecule has 2 aromatic carbocycles. The third-order valence-corrected chi connectivity index (χ3v) is 5.98. The largest absolute Gasteiger partial charge is 0.351 e. The molecule has 4 rings (SSSR count). The number of rotatable bonds is 7. The topological polar surface area (TPSA) is 111 Å². The molecule has 180 valence electrons. The van der Waals surface area contributed by atoms with Crippen LogP contribution in [0.2, 0.25) is 0 Å². The summed E-state index contributed by atoms with van der Waals surface area (Å²) in [5, 5.41) is 13.9. The summed E-state index contributed by atoms with van der Waals surface area (Å²) >= 11 is 0. The van der Waals surface area contributed by atoms with Gasteiger partial charge in [0.05, 0.1) is 24.7 Å². The summed E-state index contributed by atoms with van der Waals surface area (Å²) in [5.74, 6) is -0.930. The first kappa shape index (κ1) is 23.8. The van der Waals surface area contributed by atoms with Crippen LogP contribution in [-0.4, -0.2) is 36.2 Å². The van der Waals surface area contributed by atoms with Gasteiger partial charge in [0.15, 0.2) is 6.29 Å². The Morgan fingerprint density at radius 1 is 1.18 bits per heavy atom. The molecule has 1 saturated heterocycles. The number of amides is 2. The van der Waals surface area contributed by atoms with Gasteiger partial charge in [0.1, 0.15) is 5.92 Å². The number of nitrogens with one attached hydrogen (secondary N) is 1. The highest BCUT2D eigenvalue weighted by atomic mass is 16.7. The van der Waals surface area contributed by atoms with Crippen molar-refractivity contribution in [2.24, 2.45) is 5.41 Å². The van der Waals surface area contributed by atoms with Crippen molar-refractivity contribution < 1.29 is 24.0 Å². The number of carbonyl (C=O) groups excluding carboxylic acids is 2. The Balaban J connectivity index is 1.64. The molecule has 2 heterocycles. The Morgan fingerprint density at radius 2 is 1.85 bits per heavy atom. The van der Waals surface area contributed by atoms with E-state index in [0.29, 0.717) is 31.0 Å². The number of fused-ring (bicyclic) bond motifs is 1. The van der Waals surface area contributed by atoms with E-state index in [1.165, 1.54) is 12.1 Å². The fourth-order valence-electron chi connectivity index (χ4n) is 4.23. The first-order valence-corrected chi connectivity index (χ1v) is 11.4. The van der Waals surface area contributed by atoms with Gasteiger partial charge in [-0.15, -0.1) is 0 Å². The molecule has 1 atom stereocenters. The molecule has 2 amide bonds. The predicted octanol–water partition coefficient (Wildman–Crippen LogP) is 4.36. The lowest BCUT2D eigenvalue weighted by Crippen LogP contribution is -2.43. The van der Waals surface area contributed by atoms with Gasteiger partial charge < -0.3 is 19.7 Å². The minimum absolute atomic E-state index is 0.00569. The van der Waals surface area contributed by atoms with E-state index in [-0.39, 0.29) is 29.5 Å². The molecule has 0 aliphatic carbocycles. The van der Waals surface area contributed by atoms with Crippen molar-refractivity contribution >= 4 is 28.9 Å². The maximum atomic E-state index is 13.6. The number of anilines is 2. The number of non-ortho nitro benzene ring substituents is 1. The van der Waals surface area contributed by atoms with E-state index in [1.807, 2.05) is 32.9 Å². The highest BCUT2D eigenvalue weighted by Gasteiger charge is 2.45. The second kappa shape index (κ2) is 9.52. The Morgan fingerprint density at radius 3 is 2.47 bits per heavy atom. The van der Waals surface area contributed by atoms with Crippen molar-refractivity contribution in [3.63, 3.8) is 0 Å². The van der Waals surface area contributed by atoms with Gasteiger partial charge in [-0.25, -0.2) is 0 Å². The zero-order chi connectivity index (χ0) is 24.5. The number of carbonyl (C=O) groups is 2. The first-order chi connectivity index (χ1) is 16.2. The molecule has 2 aliphatic heterocycles. The van der Waals surface area contributed by atoms with Crippen LogP contribution < -0.4 is 10.2 Å². The van der Waals surface area contributed by atoms with E-state index in [9.17, 15) is 19.7 Å². The standard InChI is InChI=1S/C25H29N3O6/c1-4-5-21(29)26-17-8-11-20-19(12-17)22(24-33-14-25(2,3)15-34-24)23(30)27(20)13-16-6-9-18(10-7-16)28(31)32/h6-12,22,24H,4-5,13-15H2,1-3H3,(H,26,29). The maximum Gasteiger partial charge on any atom is 0.269 e. The summed E-state index contributed by atoms with van der Waals surface area (Å²) in [4.78, 5) is 37.9. The van der Waals surface area contributed by atoms with Crippen LogP contribution in [0.25, 0.3) is 0 Å². The van der Waals surface area contributed by atoms with Crippen LogP contribution in [0.5, 0.6) is 0 Å². The van der Waals surface area contributed by atoms with Crippen LogP contribution in [0.4, 0.5) is 17.1 Å². The first-order valence-electron chi connectivity index (χ1n) is 11.4. The van der Waals surface area contributed by atoms with Gasteiger partial charge in [-0.1, -0.05) is 32.9 Å². The van der Waals surface area contributed by atoms with Crippen molar-refractivity contribution in [2.75, 3.05) is 23.4 Å². The van der Waals surface area contributed by atoms with Crippen LogP contribution >= 0.6 is 0 Å². The van der Waals surface area contributed by atoms with Crippen LogP contribution in [0.3, 0.4) is 0 Å². The molecule has 0 spiro atoms. The summed E-state index contributed by atoms with van der Waals surface area (Å²) in [6, 6.07) is 11.5. The lowest BCUT2D eigenvalue weighted by atomic mass is 9.93. The molecule has 2 aliphatic rings. The molecule has 1 unspecified atom stereocenters. The number of ether oxygens (including phenoxy) is 2.